The number of hydrogen-bond donors (Lipinski definition) is 1. The minimum absolute atomic E-state index is 0.201. The van der Waals surface area contributed by atoms with Gasteiger partial charge < -0.3 is 10.2 Å². The highest BCUT2D eigenvalue weighted by atomic mass is 35.5. The topological polar surface area (TPSA) is 50.2 Å². The van der Waals surface area contributed by atoms with Crippen molar-refractivity contribution in [2.24, 2.45) is 7.05 Å². The minimum Gasteiger partial charge on any atom is -0.378 e. The second-order valence-electron chi connectivity index (χ2n) is 6.21. The van der Waals surface area contributed by atoms with Gasteiger partial charge in [-0.05, 0) is 24.9 Å². The maximum atomic E-state index is 11.9. The molecule has 0 spiro atoms. The van der Waals surface area contributed by atoms with Crippen LogP contribution in [0.15, 0.2) is 41.3 Å². The standard InChI is InChI=1S/C17H21ClN4O/c1-21-10-13(12-6-4-3-5-7-12)8-14(11-21)20-15-9-19-22(2)17(23)16(15)18/h3-7,9,13-14,20H,8,10-11H2,1-2H3/t13-,14?/m1/s1. The molecule has 0 aliphatic carbocycles. The molecule has 0 radical (unpaired) electrons. The molecule has 23 heavy (non-hydrogen) atoms. The first-order chi connectivity index (χ1) is 11.0. The van der Waals surface area contributed by atoms with Gasteiger partial charge in [-0.3, -0.25) is 4.79 Å². The number of halogens is 1. The predicted molar refractivity (Wildman–Crippen MR) is 93.2 cm³/mol. The third kappa shape index (κ3) is 3.57. The third-order valence-electron chi connectivity index (χ3n) is 4.34. The quantitative estimate of drug-likeness (QED) is 0.937. The molecule has 0 bridgehead atoms. The molecular formula is C17H21ClN4O. The van der Waals surface area contributed by atoms with E-state index in [9.17, 15) is 4.79 Å². The van der Waals surface area contributed by atoms with Gasteiger partial charge in [0.15, 0.2) is 0 Å². The monoisotopic (exact) mass is 332 g/mol. The van der Waals surface area contributed by atoms with E-state index in [0.717, 1.165) is 19.5 Å². The van der Waals surface area contributed by atoms with Crippen molar-refractivity contribution >= 4 is 17.3 Å². The van der Waals surface area contributed by atoms with Crippen LogP contribution in [0.2, 0.25) is 5.02 Å². The van der Waals surface area contributed by atoms with Crippen molar-refractivity contribution in [2.45, 2.75) is 18.4 Å². The first-order valence-electron chi connectivity index (χ1n) is 7.76. The first-order valence-corrected chi connectivity index (χ1v) is 8.14. The van der Waals surface area contributed by atoms with E-state index in [4.69, 9.17) is 11.6 Å². The summed E-state index contributed by atoms with van der Waals surface area (Å²) in [6.45, 7) is 1.94. The molecule has 2 atom stereocenters. The number of anilines is 1. The van der Waals surface area contributed by atoms with Gasteiger partial charge in [0.1, 0.15) is 5.02 Å². The molecule has 6 heteroatoms. The number of benzene rings is 1. The van der Waals surface area contributed by atoms with Gasteiger partial charge in [-0.15, -0.1) is 0 Å². The molecule has 2 heterocycles. The lowest BCUT2D eigenvalue weighted by Gasteiger charge is -2.36. The van der Waals surface area contributed by atoms with Crippen molar-refractivity contribution in [3.63, 3.8) is 0 Å². The van der Waals surface area contributed by atoms with Crippen LogP contribution in [0, 0.1) is 0 Å². The van der Waals surface area contributed by atoms with Crippen LogP contribution in [-0.2, 0) is 7.05 Å². The summed E-state index contributed by atoms with van der Waals surface area (Å²) in [6, 6.07) is 10.8. The Morgan fingerprint density at radius 3 is 2.70 bits per heavy atom. The summed E-state index contributed by atoms with van der Waals surface area (Å²) in [5, 5.41) is 7.64. The van der Waals surface area contributed by atoms with Crippen LogP contribution in [0.5, 0.6) is 0 Å². The second-order valence-corrected chi connectivity index (χ2v) is 6.58. The molecule has 1 aliphatic rings. The number of likely N-dealkylation sites (tertiary alicyclic amines) is 1. The fraction of sp³-hybridized carbons (Fsp3) is 0.412. The zero-order valence-corrected chi connectivity index (χ0v) is 14.1. The Balaban J connectivity index is 1.78. The molecule has 0 amide bonds. The van der Waals surface area contributed by atoms with Gasteiger partial charge in [0.05, 0.1) is 11.9 Å². The summed E-state index contributed by atoms with van der Waals surface area (Å²) in [4.78, 5) is 14.2. The molecular weight excluding hydrogens is 312 g/mol. The van der Waals surface area contributed by atoms with E-state index in [0.29, 0.717) is 11.6 Å². The number of likely N-dealkylation sites (N-methyl/N-ethyl adjacent to an activating group) is 1. The number of aromatic nitrogens is 2. The third-order valence-corrected chi connectivity index (χ3v) is 4.71. The molecule has 3 rings (SSSR count). The van der Waals surface area contributed by atoms with Crippen molar-refractivity contribution in [2.75, 3.05) is 25.5 Å². The lowest BCUT2D eigenvalue weighted by molar-refractivity contribution is 0.235. The minimum atomic E-state index is -0.277. The van der Waals surface area contributed by atoms with E-state index in [1.807, 2.05) is 6.07 Å². The van der Waals surface area contributed by atoms with Gasteiger partial charge >= 0.3 is 0 Å². The SMILES string of the molecule is CN1CC(Nc2cnn(C)c(=O)c2Cl)C[C@@H](c2ccccc2)C1. The Morgan fingerprint density at radius 2 is 1.96 bits per heavy atom. The molecule has 1 N–H and O–H groups in total. The Hall–Kier alpha value is -1.85. The van der Waals surface area contributed by atoms with Crippen LogP contribution in [0.3, 0.4) is 0 Å². The molecule has 0 saturated carbocycles. The van der Waals surface area contributed by atoms with E-state index < -0.39 is 0 Å². The molecule has 1 aromatic heterocycles. The zero-order chi connectivity index (χ0) is 16.4. The van der Waals surface area contributed by atoms with Gasteiger partial charge in [0, 0.05) is 26.2 Å². The van der Waals surface area contributed by atoms with Gasteiger partial charge in [0.2, 0.25) is 0 Å². The summed E-state index contributed by atoms with van der Waals surface area (Å²) in [6.07, 6.45) is 2.62. The average molecular weight is 333 g/mol. The van der Waals surface area contributed by atoms with E-state index in [1.54, 1.807) is 13.2 Å². The number of hydrogen-bond acceptors (Lipinski definition) is 4. The van der Waals surface area contributed by atoms with E-state index in [2.05, 4.69) is 46.6 Å². The second kappa shape index (κ2) is 6.72. The number of piperidine rings is 1. The van der Waals surface area contributed by atoms with Crippen molar-refractivity contribution in [1.29, 1.82) is 0 Å². The maximum absolute atomic E-state index is 11.9. The first kappa shape index (κ1) is 16.0. The highest BCUT2D eigenvalue weighted by Gasteiger charge is 2.27. The molecule has 1 unspecified atom stereocenters. The van der Waals surface area contributed by atoms with Crippen LogP contribution in [0.4, 0.5) is 5.69 Å². The predicted octanol–water partition coefficient (Wildman–Crippen LogP) is 2.33. The Morgan fingerprint density at radius 1 is 1.22 bits per heavy atom. The normalized spacial score (nSPS) is 22.0. The highest BCUT2D eigenvalue weighted by molar-refractivity contribution is 6.32. The van der Waals surface area contributed by atoms with Gasteiger partial charge in [-0.25, -0.2) is 4.68 Å². The lowest BCUT2D eigenvalue weighted by atomic mass is 9.88. The Labute approximate surface area is 140 Å². The number of aryl methyl sites for hydroxylation is 1. The fourth-order valence-electron chi connectivity index (χ4n) is 3.22. The van der Waals surface area contributed by atoms with Crippen molar-refractivity contribution in [3.05, 3.63) is 57.5 Å². The number of rotatable bonds is 3. The molecule has 2 aromatic rings. The van der Waals surface area contributed by atoms with Gasteiger partial charge in [-0.2, -0.15) is 5.10 Å². The Bertz CT molecular complexity index is 731. The molecule has 1 aliphatic heterocycles. The summed E-state index contributed by atoms with van der Waals surface area (Å²) in [5.41, 5.74) is 1.68. The van der Waals surface area contributed by atoms with Gasteiger partial charge in [0.25, 0.3) is 5.56 Å². The van der Waals surface area contributed by atoms with Crippen LogP contribution in [0.25, 0.3) is 0 Å². The van der Waals surface area contributed by atoms with Crippen molar-refractivity contribution in [1.82, 2.24) is 14.7 Å². The molecule has 1 saturated heterocycles. The van der Waals surface area contributed by atoms with E-state index in [-0.39, 0.29) is 16.6 Å². The average Bonchev–Trinajstić information content (AvgIpc) is 2.56. The van der Waals surface area contributed by atoms with Gasteiger partial charge in [-0.1, -0.05) is 41.9 Å². The molecule has 5 nitrogen and oxygen atoms in total. The number of nitrogens with zero attached hydrogens (tertiary/aromatic N) is 3. The van der Waals surface area contributed by atoms with Crippen molar-refractivity contribution in [3.8, 4) is 0 Å². The van der Waals surface area contributed by atoms with Crippen molar-refractivity contribution < 1.29 is 0 Å². The number of nitrogens with one attached hydrogen (secondary N) is 1. The summed E-state index contributed by atoms with van der Waals surface area (Å²) >= 11 is 6.16. The molecule has 1 fully saturated rings. The van der Waals surface area contributed by atoms with Crippen LogP contribution < -0.4 is 10.9 Å². The van der Waals surface area contributed by atoms with E-state index in [1.165, 1.54) is 10.2 Å². The summed E-state index contributed by atoms with van der Waals surface area (Å²) < 4.78 is 1.24. The molecule has 1 aromatic carbocycles. The summed E-state index contributed by atoms with van der Waals surface area (Å²) in [7, 11) is 3.71. The fourth-order valence-corrected chi connectivity index (χ4v) is 3.45. The van der Waals surface area contributed by atoms with Crippen LogP contribution in [0.1, 0.15) is 17.9 Å². The highest BCUT2D eigenvalue weighted by Crippen LogP contribution is 2.28. The lowest BCUT2D eigenvalue weighted by Crippen LogP contribution is -2.43. The Kier molecular flexibility index (Phi) is 4.68. The summed E-state index contributed by atoms with van der Waals surface area (Å²) in [5.74, 6) is 0.464. The van der Waals surface area contributed by atoms with E-state index >= 15 is 0 Å². The molecule has 122 valence electrons. The van der Waals surface area contributed by atoms with Crippen LogP contribution >= 0.6 is 11.6 Å². The maximum Gasteiger partial charge on any atom is 0.287 e. The van der Waals surface area contributed by atoms with Crippen LogP contribution in [-0.4, -0.2) is 40.9 Å². The zero-order valence-electron chi connectivity index (χ0n) is 13.4. The largest absolute Gasteiger partial charge is 0.378 e. The smallest absolute Gasteiger partial charge is 0.287 e.